The summed E-state index contributed by atoms with van der Waals surface area (Å²) in [5.74, 6) is 0. The third-order valence-electron chi connectivity index (χ3n) is 12.9. The summed E-state index contributed by atoms with van der Waals surface area (Å²) in [6.45, 7) is 4.61. The standard InChI is InChI=1S/C52H74N2/c1-5-7-9-11-13-15-17-19-21-23-25-27-29-45-35-43-37-49-41(39-51(43)53(45)3)31-33-48-47(49)34-32-42-40-52-44(38-50(42)48)36-46(54(52)4)30-28-26-24-22-20-18-16-14-12-10-8-6-2/h31-40H,5-30H2,1-4H3. The number of rotatable bonds is 26. The van der Waals surface area contributed by atoms with Gasteiger partial charge in [0.1, 0.15) is 0 Å². The number of nitrogens with zero attached hydrogens (tertiary/aromatic N) is 2. The summed E-state index contributed by atoms with van der Waals surface area (Å²) in [7, 11) is 4.55. The molecule has 0 aliphatic rings. The van der Waals surface area contributed by atoms with Crippen LogP contribution in [-0.4, -0.2) is 9.13 Å². The minimum atomic E-state index is 1.18. The highest BCUT2D eigenvalue weighted by Crippen LogP contribution is 2.36. The lowest BCUT2D eigenvalue weighted by Crippen LogP contribution is -1.96. The van der Waals surface area contributed by atoms with E-state index in [9.17, 15) is 0 Å². The number of benzene rings is 4. The first-order valence-electron chi connectivity index (χ1n) is 22.9. The van der Waals surface area contributed by atoms with Gasteiger partial charge in [0.2, 0.25) is 0 Å². The maximum atomic E-state index is 2.47. The van der Waals surface area contributed by atoms with Gasteiger partial charge in [-0.3, -0.25) is 0 Å². The van der Waals surface area contributed by atoms with Crippen molar-refractivity contribution < 1.29 is 0 Å². The minimum Gasteiger partial charge on any atom is -0.348 e. The summed E-state index contributed by atoms with van der Waals surface area (Å²) >= 11 is 0. The van der Waals surface area contributed by atoms with E-state index in [2.05, 4.69) is 97.7 Å². The van der Waals surface area contributed by atoms with E-state index in [4.69, 9.17) is 0 Å². The van der Waals surface area contributed by atoms with Crippen LogP contribution in [0.25, 0.3) is 54.1 Å². The maximum Gasteiger partial charge on any atom is 0.0486 e. The van der Waals surface area contributed by atoms with E-state index in [0.29, 0.717) is 0 Å². The van der Waals surface area contributed by atoms with Gasteiger partial charge in [-0.05, 0) is 94.4 Å². The molecule has 0 aliphatic carbocycles. The van der Waals surface area contributed by atoms with Crippen molar-refractivity contribution in [2.75, 3.05) is 0 Å². The van der Waals surface area contributed by atoms with Crippen LogP contribution < -0.4 is 0 Å². The highest BCUT2D eigenvalue weighted by Gasteiger charge is 2.13. The largest absolute Gasteiger partial charge is 0.348 e. The summed E-state index contributed by atoms with van der Waals surface area (Å²) in [6.07, 6.45) is 36.0. The van der Waals surface area contributed by atoms with Crippen LogP contribution in [0.5, 0.6) is 0 Å². The maximum absolute atomic E-state index is 2.47. The fourth-order valence-electron chi connectivity index (χ4n) is 9.43. The summed E-state index contributed by atoms with van der Waals surface area (Å²) in [4.78, 5) is 0. The molecule has 2 aromatic heterocycles. The zero-order valence-electron chi connectivity index (χ0n) is 35.1. The van der Waals surface area contributed by atoms with Crippen LogP contribution in [0.1, 0.15) is 179 Å². The lowest BCUT2D eigenvalue weighted by atomic mass is 9.95. The first kappa shape index (κ1) is 40.4. The molecule has 0 saturated carbocycles. The van der Waals surface area contributed by atoms with Crippen LogP contribution in [0.3, 0.4) is 0 Å². The van der Waals surface area contributed by atoms with Gasteiger partial charge in [0, 0.05) is 47.3 Å². The van der Waals surface area contributed by atoms with Gasteiger partial charge in [0.05, 0.1) is 0 Å². The molecule has 0 saturated heterocycles. The molecule has 0 spiro atoms. The Bertz CT molecular complexity index is 1890. The average Bonchev–Trinajstić information content (AvgIpc) is 3.66. The summed E-state index contributed by atoms with van der Waals surface area (Å²) in [5.41, 5.74) is 5.69. The van der Waals surface area contributed by atoms with E-state index < -0.39 is 0 Å². The van der Waals surface area contributed by atoms with Crippen molar-refractivity contribution in [2.24, 2.45) is 14.1 Å². The quantitative estimate of drug-likeness (QED) is 0.0389. The molecule has 0 amide bonds. The molecule has 0 aliphatic heterocycles. The second-order valence-corrected chi connectivity index (χ2v) is 17.2. The second kappa shape index (κ2) is 21.2. The van der Waals surface area contributed by atoms with E-state index >= 15 is 0 Å². The first-order chi connectivity index (χ1) is 26.6. The Morgan fingerprint density at radius 1 is 0.315 bits per heavy atom. The summed E-state index contributed by atoms with van der Waals surface area (Å²) < 4.78 is 4.91. The van der Waals surface area contributed by atoms with Crippen LogP contribution >= 0.6 is 0 Å². The van der Waals surface area contributed by atoms with Crippen LogP contribution in [-0.2, 0) is 26.9 Å². The van der Waals surface area contributed by atoms with Crippen LogP contribution in [0.4, 0.5) is 0 Å². The normalized spacial score (nSPS) is 12.1. The van der Waals surface area contributed by atoms with Gasteiger partial charge in [-0.25, -0.2) is 0 Å². The van der Waals surface area contributed by atoms with Gasteiger partial charge in [-0.2, -0.15) is 0 Å². The van der Waals surface area contributed by atoms with E-state index in [0.717, 1.165) is 0 Å². The molecule has 0 radical (unpaired) electrons. The molecule has 6 rings (SSSR count). The third-order valence-corrected chi connectivity index (χ3v) is 12.9. The zero-order valence-corrected chi connectivity index (χ0v) is 35.1. The van der Waals surface area contributed by atoms with Crippen molar-refractivity contribution in [3.8, 4) is 0 Å². The molecule has 0 N–H and O–H groups in total. The SMILES string of the molecule is CCCCCCCCCCCCCCc1cc2cc3c(ccc4c5cc6cc(CCCCCCCCCCCCCC)n(C)c6cc5ccc34)cc2n1C. The van der Waals surface area contributed by atoms with Crippen LogP contribution in [0, 0.1) is 0 Å². The monoisotopic (exact) mass is 727 g/mol. The zero-order chi connectivity index (χ0) is 37.5. The Morgan fingerprint density at radius 2 is 0.630 bits per heavy atom. The molecule has 0 atom stereocenters. The van der Waals surface area contributed by atoms with Gasteiger partial charge in [0.15, 0.2) is 0 Å². The van der Waals surface area contributed by atoms with Crippen molar-refractivity contribution in [3.05, 3.63) is 72.1 Å². The van der Waals surface area contributed by atoms with E-state index in [1.54, 1.807) is 0 Å². The number of fused-ring (bicyclic) bond motifs is 7. The van der Waals surface area contributed by atoms with Crippen molar-refractivity contribution in [2.45, 2.75) is 181 Å². The molecule has 4 aromatic carbocycles. The molecule has 2 heteroatoms. The fourth-order valence-corrected chi connectivity index (χ4v) is 9.43. The highest BCUT2D eigenvalue weighted by atomic mass is 14.9. The van der Waals surface area contributed by atoms with Gasteiger partial charge in [0.25, 0.3) is 0 Å². The molecule has 292 valence electrons. The molecule has 54 heavy (non-hydrogen) atoms. The Kier molecular flexibility index (Phi) is 15.8. The molecule has 0 fully saturated rings. The average molecular weight is 727 g/mol. The van der Waals surface area contributed by atoms with Gasteiger partial charge >= 0.3 is 0 Å². The van der Waals surface area contributed by atoms with Crippen molar-refractivity contribution in [1.29, 1.82) is 0 Å². The topological polar surface area (TPSA) is 9.86 Å². The molecular formula is C52H74N2. The lowest BCUT2D eigenvalue weighted by Gasteiger charge is -2.10. The second-order valence-electron chi connectivity index (χ2n) is 17.2. The summed E-state index contributed by atoms with van der Waals surface area (Å²) in [5, 5.41) is 11.0. The number of hydrogen-bond acceptors (Lipinski definition) is 0. The molecule has 2 nitrogen and oxygen atoms in total. The highest BCUT2D eigenvalue weighted by molar-refractivity contribution is 6.20. The number of hydrogen-bond donors (Lipinski definition) is 0. The van der Waals surface area contributed by atoms with E-state index in [1.807, 2.05) is 0 Å². The Hall–Kier alpha value is -3.26. The van der Waals surface area contributed by atoms with Crippen LogP contribution in [0.15, 0.2) is 60.7 Å². The molecule has 0 unspecified atom stereocenters. The van der Waals surface area contributed by atoms with E-state index in [1.165, 1.54) is 232 Å². The van der Waals surface area contributed by atoms with Crippen molar-refractivity contribution in [3.63, 3.8) is 0 Å². The van der Waals surface area contributed by atoms with Gasteiger partial charge in [-0.1, -0.05) is 179 Å². The Labute approximate surface area is 329 Å². The lowest BCUT2D eigenvalue weighted by molar-refractivity contribution is 0.542. The minimum absolute atomic E-state index is 1.18. The predicted octanol–water partition coefficient (Wildman–Crippen LogP) is 16.6. The van der Waals surface area contributed by atoms with E-state index in [-0.39, 0.29) is 0 Å². The van der Waals surface area contributed by atoms with Crippen molar-refractivity contribution >= 4 is 54.1 Å². The van der Waals surface area contributed by atoms with Crippen LogP contribution in [0.2, 0.25) is 0 Å². The molecule has 0 bridgehead atoms. The fraction of sp³-hybridized carbons (Fsp3) is 0.577. The first-order valence-corrected chi connectivity index (χ1v) is 22.9. The number of aryl methyl sites for hydroxylation is 4. The number of unbranched alkanes of at least 4 members (excludes halogenated alkanes) is 22. The Morgan fingerprint density at radius 3 is 0.963 bits per heavy atom. The Balaban J connectivity index is 1.04. The van der Waals surface area contributed by atoms with Gasteiger partial charge < -0.3 is 9.13 Å². The molecule has 6 aromatic rings. The predicted molar refractivity (Wildman–Crippen MR) is 241 cm³/mol. The molecule has 2 heterocycles. The number of aromatic nitrogens is 2. The van der Waals surface area contributed by atoms with Gasteiger partial charge in [-0.15, -0.1) is 0 Å². The van der Waals surface area contributed by atoms with Crippen molar-refractivity contribution in [1.82, 2.24) is 9.13 Å². The third kappa shape index (κ3) is 10.5. The smallest absolute Gasteiger partial charge is 0.0486 e. The molecular weight excluding hydrogens is 653 g/mol. The summed E-state index contributed by atoms with van der Waals surface area (Å²) in [6, 6.07) is 24.2.